The van der Waals surface area contributed by atoms with Gasteiger partial charge in [-0.05, 0) is 24.6 Å². The highest BCUT2D eigenvalue weighted by atomic mass is 16.5. The lowest BCUT2D eigenvalue weighted by Crippen LogP contribution is -1.90. The Labute approximate surface area is 78.3 Å². The predicted octanol–water partition coefficient (Wildman–Crippen LogP) is 1.83. The highest BCUT2D eigenvalue weighted by Gasteiger charge is 2.00. The first-order chi connectivity index (χ1) is 6.27. The molecule has 0 aliphatic heterocycles. The lowest BCUT2D eigenvalue weighted by molar-refractivity contribution is -0.0979. The number of ether oxygens (including phenoxy) is 2. The molecule has 0 atom stereocenters. The van der Waals surface area contributed by atoms with Crippen LogP contribution in [0.4, 0.5) is 0 Å². The number of hydrogen-bond donors (Lipinski definition) is 0. The third-order valence-electron chi connectivity index (χ3n) is 1.54. The van der Waals surface area contributed by atoms with Gasteiger partial charge in [-0.2, -0.15) is 0 Å². The highest BCUT2D eigenvalue weighted by Crippen LogP contribution is 2.26. The summed E-state index contributed by atoms with van der Waals surface area (Å²) in [5.74, 6) is 1.56. The number of carbonyl (C=O) groups is 1. The van der Waals surface area contributed by atoms with Gasteiger partial charge in [0.15, 0.2) is 11.5 Å². The molecular formula is C10H14O3. The van der Waals surface area contributed by atoms with Crippen LogP contribution in [0.3, 0.4) is 0 Å². The number of benzene rings is 1. The van der Waals surface area contributed by atoms with Gasteiger partial charge in [0.05, 0.1) is 14.2 Å². The first-order valence-corrected chi connectivity index (χ1v) is 3.75. The van der Waals surface area contributed by atoms with Gasteiger partial charge in [0.25, 0.3) is 0 Å². The van der Waals surface area contributed by atoms with Crippen LogP contribution in [0.1, 0.15) is 5.56 Å². The van der Waals surface area contributed by atoms with Gasteiger partial charge >= 0.3 is 0 Å². The van der Waals surface area contributed by atoms with E-state index in [0.717, 1.165) is 11.5 Å². The van der Waals surface area contributed by atoms with E-state index in [1.54, 1.807) is 14.2 Å². The second-order valence-electron chi connectivity index (χ2n) is 2.36. The maximum absolute atomic E-state index is 8.00. The molecule has 0 spiro atoms. The summed E-state index contributed by atoms with van der Waals surface area (Å²) < 4.78 is 10.2. The van der Waals surface area contributed by atoms with Crippen LogP contribution in [0.2, 0.25) is 0 Å². The molecule has 0 fully saturated rings. The molecule has 72 valence electrons. The summed E-state index contributed by atoms with van der Waals surface area (Å²) in [5, 5.41) is 0. The second kappa shape index (κ2) is 6.06. The van der Waals surface area contributed by atoms with Crippen molar-refractivity contribution in [2.45, 2.75) is 6.92 Å². The number of aryl methyl sites for hydroxylation is 1. The lowest BCUT2D eigenvalue weighted by atomic mass is 10.2. The molecule has 0 saturated carbocycles. The molecule has 0 heterocycles. The summed E-state index contributed by atoms with van der Waals surface area (Å²) in [6.07, 6.45) is 0. The molecule has 0 aliphatic rings. The van der Waals surface area contributed by atoms with Gasteiger partial charge in [-0.1, -0.05) is 6.07 Å². The third-order valence-corrected chi connectivity index (χ3v) is 1.54. The van der Waals surface area contributed by atoms with E-state index in [-0.39, 0.29) is 0 Å². The fourth-order valence-electron chi connectivity index (χ4n) is 0.943. The number of rotatable bonds is 2. The summed E-state index contributed by atoms with van der Waals surface area (Å²) >= 11 is 0. The fourth-order valence-corrected chi connectivity index (χ4v) is 0.943. The quantitative estimate of drug-likeness (QED) is 0.700. The van der Waals surface area contributed by atoms with Crippen LogP contribution in [0.5, 0.6) is 11.5 Å². The van der Waals surface area contributed by atoms with E-state index < -0.39 is 0 Å². The van der Waals surface area contributed by atoms with Gasteiger partial charge in [-0.15, -0.1) is 0 Å². The summed E-state index contributed by atoms with van der Waals surface area (Å²) in [5.41, 5.74) is 1.17. The molecule has 0 bridgehead atoms. The summed E-state index contributed by atoms with van der Waals surface area (Å²) in [7, 11) is 3.27. The van der Waals surface area contributed by atoms with Gasteiger partial charge < -0.3 is 14.3 Å². The van der Waals surface area contributed by atoms with Crippen LogP contribution in [0.15, 0.2) is 18.2 Å². The minimum atomic E-state index is 0.776. The van der Waals surface area contributed by atoms with Gasteiger partial charge in [0.1, 0.15) is 6.79 Å². The van der Waals surface area contributed by atoms with E-state index in [4.69, 9.17) is 14.3 Å². The average Bonchev–Trinajstić information content (AvgIpc) is 2.20. The Balaban J connectivity index is 0.000000671. The van der Waals surface area contributed by atoms with Gasteiger partial charge in [-0.3, -0.25) is 0 Å². The normalized spacial score (nSPS) is 8.23. The second-order valence-corrected chi connectivity index (χ2v) is 2.36. The standard InChI is InChI=1S/C9H12O2.CH2O/c1-7-4-5-8(10-2)9(6-7)11-3;1-2/h4-6H,1-3H3;1H2. The Morgan fingerprint density at radius 2 is 1.62 bits per heavy atom. The van der Waals surface area contributed by atoms with Crippen molar-refractivity contribution in [3.05, 3.63) is 23.8 Å². The van der Waals surface area contributed by atoms with E-state index in [1.807, 2.05) is 31.9 Å². The van der Waals surface area contributed by atoms with Crippen molar-refractivity contribution in [1.29, 1.82) is 0 Å². The Bertz CT molecular complexity index is 258. The van der Waals surface area contributed by atoms with E-state index in [2.05, 4.69) is 0 Å². The Hall–Kier alpha value is -1.51. The molecule has 0 N–H and O–H groups in total. The molecule has 0 aliphatic carbocycles. The smallest absolute Gasteiger partial charge is 0.160 e. The number of hydrogen-bond acceptors (Lipinski definition) is 3. The van der Waals surface area contributed by atoms with E-state index >= 15 is 0 Å². The molecule has 1 rings (SSSR count). The van der Waals surface area contributed by atoms with Crippen molar-refractivity contribution < 1.29 is 14.3 Å². The average molecular weight is 182 g/mol. The third kappa shape index (κ3) is 3.15. The molecule has 3 heteroatoms. The summed E-state index contributed by atoms with van der Waals surface area (Å²) in [6, 6.07) is 5.83. The molecule has 0 saturated heterocycles. The van der Waals surface area contributed by atoms with E-state index in [0.29, 0.717) is 0 Å². The van der Waals surface area contributed by atoms with Crippen molar-refractivity contribution >= 4 is 6.79 Å². The van der Waals surface area contributed by atoms with Crippen LogP contribution in [-0.2, 0) is 4.79 Å². The monoisotopic (exact) mass is 182 g/mol. The molecular weight excluding hydrogens is 168 g/mol. The molecule has 3 nitrogen and oxygen atoms in total. The number of carbonyl (C=O) groups excluding carboxylic acids is 1. The minimum Gasteiger partial charge on any atom is -0.493 e. The molecule has 13 heavy (non-hydrogen) atoms. The topological polar surface area (TPSA) is 35.5 Å². The van der Waals surface area contributed by atoms with E-state index in [9.17, 15) is 0 Å². The van der Waals surface area contributed by atoms with Gasteiger partial charge in [0, 0.05) is 0 Å². The zero-order chi connectivity index (χ0) is 10.3. The highest BCUT2D eigenvalue weighted by molar-refractivity contribution is 5.42. The predicted molar refractivity (Wildman–Crippen MR) is 51.4 cm³/mol. The van der Waals surface area contributed by atoms with Crippen LogP contribution >= 0.6 is 0 Å². The van der Waals surface area contributed by atoms with Crippen molar-refractivity contribution in [1.82, 2.24) is 0 Å². The molecule has 0 aromatic heterocycles. The van der Waals surface area contributed by atoms with Crippen LogP contribution in [-0.4, -0.2) is 21.0 Å². The van der Waals surface area contributed by atoms with Gasteiger partial charge in [0.2, 0.25) is 0 Å². The van der Waals surface area contributed by atoms with E-state index in [1.165, 1.54) is 5.56 Å². The van der Waals surface area contributed by atoms with Crippen LogP contribution in [0.25, 0.3) is 0 Å². The maximum atomic E-state index is 8.00. The molecule has 1 aromatic carbocycles. The zero-order valence-corrected chi connectivity index (χ0v) is 8.16. The SMILES string of the molecule is C=O.COc1ccc(C)cc1OC. The molecule has 0 unspecified atom stereocenters. The largest absolute Gasteiger partial charge is 0.493 e. The Morgan fingerprint density at radius 3 is 2.08 bits per heavy atom. The molecule has 0 amide bonds. The summed E-state index contributed by atoms with van der Waals surface area (Å²) in [4.78, 5) is 8.00. The Morgan fingerprint density at radius 1 is 1.08 bits per heavy atom. The molecule has 1 aromatic rings. The fraction of sp³-hybridized carbons (Fsp3) is 0.300. The van der Waals surface area contributed by atoms with Crippen LogP contribution in [0, 0.1) is 6.92 Å². The van der Waals surface area contributed by atoms with Crippen molar-refractivity contribution in [3.8, 4) is 11.5 Å². The first-order valence-electron chi connectivity index (χ1n) is 3.75. The molecule has 0 radical (unpaired) electrons. The van der Waals surface area contributed by atoms with Crippen molar-refractivity contribution in [2.24, 2.45) is 0 Å². The number of methoxy groups -OCH3 is 2. The Kier molecular flexibility index (Phi) is 5.35. The maximum Gasteiger partial charge on any atom is 0.160 e. The van der Waals surface area contributed by atoms with Crippen LogP contribution < -0.4 is 9.47 Å². The first kappa shape index (κ1) is 11.5. The zero-order valence-electron chi connectivity index (χ0n) is 8.16. The summed E-state index contributed by atoms with van der Waals surface area (Å²) in [6.45, 7) is 4.02. The minimum absolute atomic E-state index is 0.776. The van der Waals surface area contributed by atoms with Crippen molar-refractivity contribution in [3.63, 3.8) is 0 Å². The lowest BCUT2D eigenvalue weighted by Gasteiger charge is -2.06. The van der Waals surface area contributed by atoms with Gasteiger partial charge in [-0.25, -0.2) is 0 Å². The van der Waals surface area contributed by atoms with Crippen molar-refractivity contribution in [2.75, 3.05) is 14.2 Å².